The first-order chi connectivity index (χ1) is 14.5. The number of fused-ring (bicyclic) bond motifs is 1. The van der Waals surface area contributed by atoms with Crippen LogP contribution in [0.3, 0.4) is 0 Å². The molecule has 2 aromatic rings. The molecule has 1 saturated heterocycles. The third-order valence-electron chi connectivity index (χ3n) is 5.31. The van der Waals surface area contributed by atoms with Gasteiger partial charge in [-0.2, -0.15) is 4.31 Å². The van der Waals surface area contributed by atoms with Gasteiger partial charge < -0.3 is 10.1 Å². The van der Waals surface area contributed by atoms with E-state index in [4.69, 9.17) is 4.74 Å². The zero-order valence-corrected chi connectivity index (χ0v) is 18.3. The topological polar surface area (TPSA) is 88.6 Å². The Kier molecular flexibility index (Phi) is 6.60. The molecule has 1 aromatic heterocycles. The van der Waals surface area contributed by atoms with Gasteiger partial charge in [0, 0.05) is 31.3 Å². The lowest BCUT2D eigenvalue weighted by atomic mass is 10.0. The van der Waals surface area contributed by atoms with E-state index in [0.717, 1.165) is 37.0 Å². The van der Waals surface area contributed by atoms with E-state index in [0.29, 0.717) is 24.7 Å². The summed E-state index contributed by atoms with van der Waals surface area (Å²) in [6.07, 6.45) is 4.98. The highest BCUT2D eigenvalue weighted by Gasteiger charge is 2.26. The molecule has 7 nitrogen and oxygen atoms in total. The van der Waals surface area contributed by atoms with Crippen molar-refractivity contribution in [1.29, 1.82) is 0 Å². The lowest BCUT2D eigenvalue weighted by molar-refractivity contribution is -0.119. The molecular weight excluding hydrogens is 422 g/mol. The van der Waals surface area contributed by atoms with Crippen LogP contribution in [0.15, 0.2) is 52.5 Å². The van der Waals surface area contributed by atoms with Crippen molar-refractivity contribution in [2.24, 2.45) is 0 Å². The molecule has 0 saturated carbocycles. The van der Waals surface area contributed by atoms with Crippen molar-refractivity contribution in [2.45, 2.75) is 41.6 Å². The van der Waals surface area contributed by atoms with Crippen molar-refractivity contribution in [3.63, 3.8) is 0 Å². The molecule has 4 rings (SSSR count). The number of rotatable bonds is 6. The molecule has 0 bridgehead atoms. The first-order valence-electron chi connectivity index (χ1n) is 10.1. The SMILES string of the molecule is O=C(CSc1ccc(S(=O)(=O)N2CCCCC2)cn1)N[C@@H]1CCOc2ccccc21. The van der Waals surface area contributed by atoms with Gasteiger partial charge in [0.15, 0.2) is 0 Å². The minimum atomic E-state index is -3.49. The number of carbonyl (C=O) groups excluding carboxylic acids is 1. The van der Waals surface area contributed by atoms with Gasteiger partial charge >= 0.3 is 0 Å². The largest absolute Gasteiger partial charge is 0.493 e. The second-order valence-electron chi connectivity index (χ2n) is 7.38. The summed E-state index contributed by atoms with van der Waals surface area (Å²) in [5.74, 6) is 0.937. The number of piperidine rings is 1. The number of amides is 1. The molecule has 160 valence electrons. The van der Waals surface area contributed by atoms with Crippen LogP contribution < -0.4 is 10.1 Å². The molecule has 1 fully saturated rings. The van der Waals surface area contributed by atoms with E-state index < -0.39 is 10.0 Å². The van der Waals surface area contributed by atoms with E-state index in [2.05, 4.69) is 10.3 Å². The van der Waals surface area contributed by atoms with E-state index in [9.17, 15) is 13.2 Å². The summed E-state index contributed by atoms with van der Waals surface area (Å²) in [4.78, 5) is 16.9. The Morgan fingerprint density at radius 3 is 2.73 bits per heavy atom. The first-order valence-corrected chi connectivity index (χ1v) is 12.6. The highest BCUT2D eigenvalue weighted by molar-refractivity contribution is 7.99. The number of aromatic nitrogens is 1. The second kappa shape index (κ2) is 9.36. The van der Waals surface area contributed by atoms with Crippen molar-refractivity contribution in [3.05, 3.63) is 48.2 Å². The third-order valence-corrected chi connectivity index (χ3v) is 8.13. The molecule has 1 N–H and O–H groups in total. The number of thioether (sulfide) groups is 1. The summed E-state index contributed by atoms with van der Waals surface area (Å²) in [7, 11) is -3.49. The smallest absolute Gasteiger partial charge is 0.244 e. The van der Waals surface area contributed by atoms with Gasteiger partial charge in [0.25, 0.3) is 0 Å². The van der Waals surface area contributed by atoms with E-state index in [1.54, 1.807) is 12.1 Å². The van der Waals surface area contributed by atoms with Gasteiger partial charge in [-0.15, -0.1) is 0 Å². The molecule has 30 heavy (non-hydrogen) atoms. The van der Waals surface area contributed by atoms with E-state index in [1.165, 1.54) is 22.3 Å². The maximum absolute atomic E-state index is 12.7. The van der Waals surface area contributed by atoms with Crippen molar-refractivity contribution in [1.82, 2.24) is 14.6 Å². The third kappa shape index (κ3) is 4.79. The number of carbonyl (C=O) groups is 1. The Balaban J connectivity index is 1.33. The average molecular weight is 448 g/mol. The van der Waals surface area contributed by atoms with Crippen LogP contribution in [0.2, 0.25) is 0 Å². The van der Waals surface area contributed by atoms with Crippen LogP contribution in [0.4, 0.5) is 0 Å². The quantitative estimate of drug-likeness (QED) is 0.685. The summed E-state index contributed by atoms with van der Waals surface area (Å²) < 4.78 is 32.5. The molecule has 2 aliphatic heterocycles. The molecule has 0 unspecified atom stereocenters. The molecule has 1 atom stereocenters. The number of ether oxygens (including phenoxy) is 1. The number of benzene rings is 1. The van der Waals surface area contributed by atoms with Crippen LogP contribution in [0, 0.1) is 0 Å². The van der Waals surface area contributed by atoms with E-state index in [1.807, 2.05) is 24.3 Å². The molecule has 3 heterocycles. The lowest BCUT2D eigenvalue weighted by Gasteiger charge is -2.26. The number of hydrogen-bond donors (Lipinski definition) is 1. The Morgan fingerprint density at radius 1 is 1.17 bits per heavy atom. The van der Waals surface area contributed by atoms with Crippen LogP contribution in [0.25, 0.3) is 0 Å². The summed E-state index contributed by atoms with van der Waals surface area (Å²) in [5.41, 5.74) is 0.993. The fourth-order valence-corrected chi connectivity index (χ4v) is 5.84. The maximum atomic E-state index is 12.7. The monoisotopic (exact) mass is 447 g/mol. The highest BCUT2D eigenvalue weighted by Crippen LogP contribution is 2.31. The minimum absolute atomic E-state index is 0.0620. The van der Waals surface area contributed by atoms with Crippen LogP contribution in [-0.2, 0) is 14.8 Å². The van der Waals surface area contributed by atoms with Gasteiger partial charge in [-0.3, -0.25) is 4.79 Å². The summed E-state index contributed by atoms with van der Waals surface area (Å²) in [6, 6.07) is 10.9. The number of hydrogen-bond acceptors (Lipinski definition) is 6. The van der Waals surface area contributed by atoms with Crippen LogP contribution in [0.5, 0.6) is 5.75 Å². The predicted octanol–water partition coefficient (Wildman–Crippen LogP) is 2.99. The Hall–Kier alpha value is -2.10. The molecule has 0 aliphatic carbocycles. The zero-order chi connectivity index (χ0) is 21.0. The molecule has 0 spiro atoms. The zero-order valence-electron chi connectivity index (χ0n) is 16.6. The lowest BCUT2D eigenvalue weighted by Crippen LogP contribution is -2.35. The van der Waals surface area contributed by atoms with Crippen LogP contribution >= 0.6 is 11.8 Å². The van der Waals surface area contributed by atoms with Crippen molar-refractivity contribution < 1.29 is 17.9 Å². The number of nitrogens with one attached hydrogen (secondary N) is 1. The number of nitrogens with zero attached hydrogens (tertiary/aromatic N) is 2. The van der Waals surface area contributed by atoms with Crippen molar-refractivity contribution >= 4 is 27.7 Å². The van der Waals surface area contributed by atoms with Crippen molar-refractivity contribution in [3.8, 4) is 5.75 Å². The predicted molar refractivity (Wildman–Crippen MR) is 115 cm³/mol. The fourth-order valence-electron chi connectivity index (χ4n) is 3.73. The Morgan fingerprint density at radius 2 is 1.97 bits per heavy atom. The molecule has 0 radical (unpaired) electrons. The maximum Gasteiger partial charge on any atom is 0.244 e. The standard InChI is InChI=1S/C21H25N3O4S2/c25-20(23-18-10-13-28-19-7-3-2-6-17(18)19)15-29-21-9-8-16(14-22-21)30(26,27)24-11-4-1-5-12-24/h2-3,6-9,14,18H,1,4-5,10-13,15H2,(H,23,25)/t18-/m1/s1. The Bertz CT molecular complexity index is 990. The number of para-hydroxylation sites is 1. The molecular formula is C21H25N3O4S2. The minimum Gasteiger partial charge on any atom is -0.493 e. The number of sulfonamides is 1. The highest BCUT2D eigenvalue weighted by atomic mass is 32.2. The van der Waals surface area contributed by atoms with Gasteiger partial charge in [-0.05, 0) is 31.0 Å². The first kappa shape index (κ1) is 21.1. The second-order valence-corrected chi connectivity index (χ2v) is 10.3. The van der Waals surface area contributed by atoms with E-state index in [-0.39, 0.29) is 22.6 Å². The average Bonchev–Trinajstić information content (AvgIpc) is 2.79. The molecule has 2 aliphatic rings. The van der Waals surface area contributed by atoms with Gasteiger partial charge in [0.1, 0.15) is 10.6 Å². The van der Waals surface area contributed by atoms with Crippen LogP contribution in [0.1, 0.15) is 37.3 Å². The van der Waals surface area contributed by atoms with Crippen molar-refractivity contribution in [2.75, 3.05) is 25.4 Å². The van der Waals surface area contributed by atoms with Gasteiger partial charge in [-0.1, -0.05) is 36.4 Å². The van der Waals surface area contributed by atoms with Gasteiger partial charge in [0.05, 0.1) is 23.4 Å². The van der Waals surface area contributed by atoms with E-state index >= 15 is 0 Å². The number of pyridine rings is 1. The Labute approximate surface area is 181 Å². The molecule has 1 aromatic carbocycles. The summed E-state index contributed by atoms with van der Waals surface area (Å²) in [6.45, 7) is 1.70. The summed E-state index contributed by atoms with van der Waals surface area (Å²) in [5, 5.41) is 3.67. The van der Waals surface area contributed by atoms with Crippen LogP contribution in [-0.4, -0.2) is 49.1 Å². The fraction of sp³-hybridized carbons (Fsp3) is 0.429. The normalized spacial score (nSPS) is 19.5. The molecule has 1 amide bonds. The summed E-state index contributed by atoms with van der Waals surface area (Å²) >= 11 is 1.29. The van der Waals surface area contributed by atoms with Gasteiger partial charge in [0.2, 0.25) is 15.9 Å². The molecule has 9 heteroatoms. The van der Waals surface area contributed by atoms with Gasteiger partial charge in [-0.25, -0.2) is 13.4 Å².